The zero-order valence-corrected chi connectivity index (χ0v) is 11.4. The molecule has 5 nitrogen and oxygen atoms in total. The molecule has 2 rings (SSSR count). The van der Waals surface area contributed by atoms with Gasteiger partial charge in [-0.25, -0.2) is 8.42 Å². The average Bonchev–Trinajstić information content (AvgIpc) is 2.71. The molecule has 1 heterocycles. The van der Waals surface area contributed by atoms with E-state index in [1.165, 1.54) is 4.31 Å². The highest BCUT2D eigenvalue weighted by atomic mass is 32.2. The molecule has 0 bridgehead atoms. The van der Waals surface area contributed by atoms with Crippen molar-refractivity contribution < 1.29 is 13.5 Å². The maximum absolute atomic E-state index is 12.5. The second kappa shape index (κ2) is 4.53. The highest BCUT2D eigenvalue weighted by Crippen LogP contribution is 2.30. The fourth-order valence-electron chi connectivity index (χ4n) is 2.21. The van der Waals surface area contributed by atoms with Crippen molar-refractivity contribution in [3.63, 3.8) is 0 Å². The maximum atomic E-state index is 12.5. The SMILES string of the molecule is Cc1ccc(C)c(S(=O)(=O)N2CC[C@H](O)C2)c1N. The third-order valence-corrected chi connectivity index (χ3v) is 5.40. The Morgan fingerprint density at radius 1 is 1.33 bits per heavy atom. The number of hydrogen-bond acceptors (Lipinski definition) is 4. The molecule has 1 aliphatic heterocycles. The van der Waals surface area contributed by atoms with Crippen molar-refractivity contribution in [1.82, 2.24) is 4.31 Å². The van der Waals surface area contributed by atoms with Gasteiger partial charge in [0.25, 0.3) is 0 Å². The smallest absolute Gasteiger partial charge is 0.245 e. The summed E-state index contributed by atoms with van der Waals surface area (Å²) < 4.78 is 26.3. The van der Waals surface area contributed by atoms with Gasteiger partial charge in [-0.05, 0) is 31.4 Å². The summed E-state index contributed by atoms with van der Waals surface area (Å²) in [6, 6.07) is 3.56. The van der Waals surface area contributed by atoms with Crippen molar-refractivity contribution >= 4 is 15.7 Å². The third kappa shape index (κ3) is 2.11. The van der Waals surface area contributed by atoms with Gasteiger partial charge in [0.15, 0.2) is 0 Å². The van der Waals surface area contributed by atoms with Gasteiger partial charge < -0.3 is 10.8 Å². The Morgan fingerprint density at radius 2 is 1.94 bits per heavy atom. The van der Waals surface area contributed by atoms with Crippen molar-refractivity contribution in [2.75, 3.05) is 18.8 Å². The second-order valence-corrected chi connectivity index (χ2v) is 6.62. The molecule has 0 aromatic heterocycles. The molecule has 0 saturated carbocycles. The molecule has 1 atom stereocenters. The van der Waals surface area contributed by atoms with Gasteiger partial charge in [0, 0.05) is 13.1 Å². The lowest BCUT2D eigenvalue weighted by Gasteiger charge is -2.19. The zero-order valence-electron chi connectivity index (χ0n) is 10.5. The Hall–Kier alpha value is -1.11. The van der Waals surface area contributed by atoms with E-state index in [-0.39, 0.29) is 11.4 Å². The number of sulfonamides is 1. The number of hydrogen-bond donors (Lipinski definition) is 2. The summed E-state index contributed by atoms with van der Waals surface area (Å²) in [5, 5.41) is 9.47. The molecule has 100 valence electrons. The summed E-state index contributed by atoms with van der Waals surface area (Å²) >= 11 is 0. The molecule has 0 spiro atoms. The van der Waals surface area contributed by atoms with Crippen LogP contribution in [-0.2, 0) is 10.0 Å². The standard InChI is InChI=1S/C12H18N2O3S/c1-8-3-4-9(2)12(11(8)13)18(16,17)14-6-5-10(15)7-14/h3-4,10,15H,5-7,13H2,1-2H3/t10-/m0/s1. The fraction of sp³-hybridized carbons (Fsp3) is 0.500. The van der Waals surface area contributed by atoms with Crippen LogP contribution in [0.2, 0.25) is 0 Å². The first-order chi connectivity index (χ1) is 8.34. The molecular formula is C12H18N2O3S. The van der Waals surface area contributed by atoms with Crippen molar-refractivity contribution in [2.45, 2.75) is 31.3 Å². The number of nitrogen functional groups attached to an aromatic ring is 1. The quantitative estimate of drug-likeness (QED) is 0.773. The van der Waals surface area contributed by atoms with Crippen LogP contribution in [0.1, 0.15) is 17.5 Å². The van der Waals surface area contributed by atoms with Crippen molar-refractivity contribution in [3.05, 3.63) is 23.3 Å². The van der Waals surface area contributed by atoms with E-state index in [2.05, 4.69) is 0 Å². The summed E-state index contributed by atoms with van der Waals surface area (Å²) in [6.07, 6.45) is -0.101. The van der Waals surface area contributed by atoms with E-state index < -0.39 is 16.1 Å². The first-order valence-electron chi connectivity index (χ1n) is 5.88. The minimum absolute atomic E-state index is 0.148. The topological polar surface area (TPSA) is 83.6 Å². The Balaban J connectivity index is 2.51. The van der Waals surface area contributed by atoms with Crippen molar-refractivity contribution in [1.29, 1.82) is 0 Å². The molecule has 1 fully saturated rings. The first kappa shape index (κ1) is 13.3. The number of nitrogens with zero attached hydrogens (tertiary/aromatic N) is 1. The lowest BCUT2D eigenvalue weighted by Crippen LogP contribution is -2.31. The number of β-amino-alcohol motifs (C(OH)–C–C–N with tert-alkyl or cyclic N) is 1. The van der Waals surface area contributed by atoms with Crippen LogP contribution in [0.25, 0.3) is 0 Å². The van der Waals surface area contributed by atoms with Gasteiger partial charge >= 0.3 is 0 Å². The molecule has 3 N–H and O–H groups in total. The maximum Gasteiger partial charge on any atom is 0.245 e. The highest BCUT2D eigenvalue weighted by molar-refractivity contribution is 7.89. The molecule has 0 aliphatic carbocycles. The first-order valence-corrected chi connectivity index (χ1v) is 7.32. The zero-order chi connectivity index (χ0) is 13.5. The van der Waals surface area contributed by atoms with Crippen LogP contribution < -0.4 is 5.73 Å². The van der Waals surface area contributed by atoms with E-state index >= 15 is 0 Å². The van der Waals surface area contributed by atoms with Gasteiger partial charge in [-0.15, -0.1) is 0 Å². The summed E-state index contributed by atoms with van der Waals surface area (Å²) in [6.45, 7) is 4.01. The second-order valence-electron chi connectivity index (χ2n) is 4.75. The van der Waals surface area contributed by atoms with Gasteiger partial charge in [-0.1, -0.05) is 12.1 Å². The van der Waals surface area contributed by atoms with Crippen molar-refractivity contribution in [2.24, 2.45) is 0 Å². The fourth-order valence-corrected chi connectivity index (χ4v) is 4.09. The minimum Gasteiger partial charge on any atom is -0.397 e. The predicted octanol–water partition coefficient (Wildman–Crippen LogP) is 0.641. The van der Waals surface area contributed by atoms with Crippen LogP contribution in [0, 0.1) is 13.8 Å². The number of benzene rings is 1. The minimum atomic E-state index is -3.61. The molecular weight excluding hydrogens is 252 g/mol. The van der Waals surface area contributed by atoms with E-state index in [4.69, 9.17) is 5.73 Å². The number of aliphatic hydroxyl groups excluding tert-OH is 1. The van der Waals surface area contributed by atoms with Crippen LogP contribution in [-0.4, -0.2) is 37.0 Å². The third-order valence-electron chi connectivity index (χ3n) is 3.33. The van der Waals surface area contributed by atoms with E-state index in [1.807, 2.05) is 6.07 Å². The summed E-state index contributed by atoms with van der Waals surface area (Å²) in [5.74, 6) is 0. The monoisotopic (exact) mass is 270 g/mol. The van der Waals surface area contributed by atoms with Crippen LogP contribution in [0.15, 0.2) is 17.0 Å². The number of nitrogens with two attached hydrogens (primary N) is 1. The largest absolute Gasteiger partial charge is 0.397 e. The average molecular weight is 270 g/mol. The number of anilines is 1. The number of aryl methyl sites for hydroxylation is 2. The Morgan fingerprint density at radius 3 is 2.50 bits per heavy atom. The van der Waals surface area contributed by atoms with Crippen molar-refractivity contribution in [3.8, 4) is 0 Å². The van der Waals surface area contributed by atoms with E-state index in [1.54, 1.807) is 19.9 Å². The summed E-state index contributed by atoms with van der Waals surface area (Å²) in [4.78, 5) is 0.177. The molecule has 1 aromatic carbocycles. The van der Waals surface area contributed by atoms with Gasteiger partial charge in [-0.3, -0.25) is 0 Å². The number of aliphatic hydroxyl groups is 1. The van der Waals surface area contributed by atoms with E-state index in [9.17, 15) is 13.5 Å². The highest BCUT2D eigenvalue weighted by Gasteiger charge is 2.34. The molecule has 1 aliphatic rings. The normalized spacial score (nSPS) is 21.4. The Labute approximate surface area is 107 Å². The molecule has 6 heteroatoms. The molecule has 1 aromatic rings. The Bertz CT molecular complexity index is 569. The van der Waals surface area contributed by atoms with Gasteiger partial charge in [0.1, 0.15) is 4.90 Å². The van der Waals surface area contributed by atoms with Crippen LogP contribution in [0.5, 0.6) is 0 Å². The van der Waals surface area contributed by atoms with Gasteiger partial charge in [0.05, 0.1) is 11.8 Å². The van der Waals surface area contributed by atoms with Gasteiger partial charge in [-0.2, -0.15) is 4.31 Å². The Kier molecular flexibility index (Phi) is 3.35. The van der Waals surface area contributed by atoms with E-state index in [0.717, 1.165) is 5.56 Å². The van der Waals surface area contributed by atoms with Crippen LogP contribution >= 0.6 is 0 Å². The summed E-state index contributed by atoms with van der Waals surface area (Å²) in [5.41, 5.74) is 7.59. The number of rotatable bonds is 2. The molecule has 18 heavy (non-hydrogen) atoms. The lowest BCUT2D eigenvalue weighted by atomic mass is 10.1. The summed E-state index contributed by atoms with van der Waals surface area (Å²) in [7, 11) is -3.61. The molecule has 0 amide bonds. The molecule has 0 radical (unpaired) electrons. The van der Waals surface area contributed by atoms with Crippen LogP contribution in [0.3, 0.4) is 0 Å². The molecule has 0 unspecified atom stereocenters. The predicted molar refractivity (Wildman–Crippen MR) is 69.7 cm³/mol. The van der Waals surface area contributed by atoms with Crippen LogP contribution in [0.4, 0.5) is 5.69 Å². The van der Waals surface area contributed by atoms with Gasteiger partial charge in [0.2, 0.25) is 10.0 Å². The molecule has 1 saturated heterocycles. The van der Waals surface area contributed by atoms with E-state index in [0.29, 0.717) is 24.2 Å². The lowest BCUT2D eigenvalue weighted by molar-refractivity contribution is 0.189.